The predicted octanol–water partition coefficient (Wildman–Crippen LogP) is 2.70. The third-order valence-corrected chi connectivity index (χ3v) is 2.77. The second-order valence-electron chi connectivity index (χ2n) is 4.19. The second kappa shape index (κ2) is 7.64. The first-order valence-electron chi connectivity index (χ1n) is 6.40. The molecule has 0 aliphatic carbocycles. The van der Waals surface area contributed by atoms with Crippen LogP contribution in [0.2, 0.25) is 0 Å². The summed E-state index contributed by atoms with van der Waals surface area (Å²) in [7, 11) is 0. The number of ether oxygens (including phenoxy) is 1. The van der Waals surface area contributed by atoms with Gasteiger partial charge in [0.15, 0.2) is 0 Å². The number of aryl methyl sites for hydroxylation is 2. The number of esters is 1. The molecule has 0 spiro atoms. The van der Waals surface area contributed by atoms with Gasteiger partial charge < -0.3 is 4.74 Å². The molecule has 0 atom stereocenters. The maximum atomic E-state index is 11.5. The van der Waals surface area contributed by atoms with E-state index in [0.717, 1.165) is 12.0 Å². The quantitative estimate of drug-likeness (QED) is 0.550. The minimum absolute atomic E-state index is 0.0620. The van der Waals surface area contributed by atoms with Crippen LogP contribution >= 0.6 is 0 Å². The van der Waals surface area contributed by atoms with Gasteiger partial charge in [0.2, 0.25) is 0 Å². The van der Waals surface area contributed by atoms with Gasteiger partial charge in [0.05, 0.1) is 6.61 Å². The van der Waals surface area contributed by atoms with Gasteiger partial charge in [0.25, 0.3) is 0 Å². The van der Waals surface area contributed by atoms with Crippen molar-refractivity contribution >= 4 is 11.8 Å². The summed E-state index contributed by atoms with van der Waals surface area (Å²) >= 11 is 0. The van der Waals surface area contributed by atoms with E-state index in [1.165, 1.54) is 5.56 Å². The second-order valence-corrected chi connectivity index (χ2v) is 4.19. The summed E-state index contributed by atoms with van der Waals surface area (Å²) < 4.78 is 4.74. The minimum atomic E-state index is -0.427. The van der Waals surface area contributed by atoms with Gasteiger partial charge in [-0.25, -0.2) is 0 Å². The highest BCUT2D eigenvalue weighted by atomic mass is 16.5. The fourth-order valence-corrected chi connectivity index (χ4v) is 1.69. The number of carbonyl (C=O) groups is 2. The summed E-state index contributed by atoms with van der Waals surface area (Å²) in [5.41, 5.74) is 2.42. The van der Waals surface area contributed by atoms with Gasteiger partial charge >= 0.3 is 5.97 Å². The Morgan fingerprint density at radius 2 is 1.67 bits per heavy atom. The fraction of sp³-hybridized carbons (Fsp3) is 0.467. The number of hydrogen-bond acceptors (Lipinski definition) is 3. The smallest absolute Gasteiger partial charge is 0.313 e. The standard InChI is InChI=1S/C15H20O3/c1-3-12-5-7-13(8-6-12)9-10-14(16)11-15(17)18-4-2/h5-8H,3-4,9-11H2,1-2H3. The Hall–Kier alpha value is -1.64. The van der Waals surface area contributed by atoms with Crippen LogP contribution in [0.15, 0.2) is 24.3 Å². The van der Waals surface area contributed by atoms with Gasteiger partial charge in [-0.3, -0.25) is 9.59 Å². The van der Waals surface area contributed by atoms with Gasteiger partial charge in [0, 0.05) is 6.42 Å². The van der Waals surface area contributed by atoms with E-state index < -0.39 is 5.97 Å². The van der Waals surface area contributed by atoms with E-state index in [0.29, 0.717) is 19.4 Å². The maximum Gasteiger partial charge on any atom is 0.313 e. The summed E-state index contributed by atoms with van der Waals surface area (Å²) in [4.78, 5) is 22.6. The highest BCUT2D eigenvalue weighted by Gasteiger charge is 2.10. The molecule has 0 amide bonds. The molecule has 0 aromatic heterocycles. The topological polar surface area (TPSA) is 43.4 Å². The van der Waals surface area contributed by atoms with Crippen LogP contribution in [-0.2, 0) is 27.2 Å². The number of benzene rings is 1. The van der Waals surface area contributed by atoms with Crippen LogP contribution in [0.1, 0.15) is 37.8 Å². The normalized spacial score (nSPS) is 10.1. The van der Waals surface area contributed by atoms with E-state index in [4.69, 9.17) is 4.74 Å². The van der Waals surface area contributed by atoms with Crippen LogP contribution in [0, 0.1) is 0 Å². The van der Waals surface area contributed by atoms with Crippen molar-refractivity contribution in [1.82, 2.24) is 0 Å². The molecule has 3 nitrogen and oxygen atoms in total. The Morgan fingerprint density at radius 3 is 2.22 bits per heavy atom. The summed E-state index contributed by atoms with van der Waals surface area (Å²) in [6, 6.07) is 8.23. The lowest BCUT2D eigenvalue weighted by Crippen LogP contribution is -2.11. The molecule has 0 bridgehead atoms. The van der Waals surface area contributed by atoms with Crippen molar-refractivity contribution in [2.24, 2.45) is 0 Å². The van der Waals surface area contributed by atoms with Gasteiger partial charge in [-0.1, -0.05) is 31.2 Å². The Bertz CT molecular complexity index is 393. The van der Waals surface area contributed by atoms with E-state index >= 15 is 0 Å². The molecular formula is C15H20O3. The van der Waals surface area contributed by atoms with Crippen molar-refractivity contribution in [3.63, 3.8) is 0 Å². The number of rotatable bonds is 7. The summed E-state index contributed by atoms with van der Waals surface area (Å²) in [6.45, 7) is 4.17. The average Bonchev–Trinajstić information content (AvgIpc) is 2.37. The molecular weight excluding hydrogens is 228 g/mol. The molecule has 18 heavy (non-hydrogen) atoms. The lowest BCUT2D eigenvalue weighted by atomic mass is 10.0. The van der Waals surface area contributed by atoms with Gasteiger partial charge in [-0.15, -0.1) is 0 Å². The highest BCUT2D eigenvalue weighted by Crippen LogP contribution is 2.08. The number of hydrogen-bond donors (Lipinski definition) is 0. The predicted molar refractivity (Wildman–Crippen MR) is 70.4 cm³/mol. The molecule has 0 heterocycles. The largest absolute Gasteiger partial charge is 0.466 e. The van der Waals surface area contributed by atoms with Crippen LogP contribution in [0.3, 0.4) is 0 Å². The van der Waals surface area contributed by atoms with Crippen molar-refractivity contribution in [3.8, 4) is 0 Å². The Labute approximate surface area is 108 Å². The van der Waals surface area contributed by atoms with Gasteiger partial charge in [0.1, 0.15) is 12.2 Å². The molecule has 0 radical (unpaired) electrons. The molecule has 0 fully saturated rings. The van der Waals surface area contributed by atoms with Gasteiger partial charge in [-0.2, -0.15) is 0 Å². The van der Waals surface area contributed by atoms with Crippen molar-refractivity contribution in [2.45, 2.75) is 39.5 Å². The lowest BCUT2D eigenvalue weighted by Gasteiger charge is -2.03. The monoisotopic (exact) mass is 248 g/mol. The van der Waals surface area contributed by atoms with E-state index in [9.17, 15) is 9.59 Å². The SMILES string of the molecule is CCOC(=O)CC(=O)CCc1ccc(CC)cc1. The first-order valence-corrected chi connectivity index (χ1v) is 6.40. The number of Topliss-reactive ketones (excluding diaryl/α,β-unsaturated/α-hetero) is 1. The van der Waals surface area contributed by atoms with Crippen molar-refractivity contribution < 1.29 is 14.3 Å². The molecule has 0 aliphatic heterocycles. The van der Waals surface area contributed by atoms with Crippen LogP contribution < -0.4 is 0 Å². The van der Waals surface area contributed by atoms with Gasteiger partial charge in [-0.05, 0) is 30.9 Å². The molecule has 0 saturated heterocycles. The molecule has 1 rings (SSSR count). The van der Waals surface area contributed by atoms with E-state index in [-0.39, 0.29) is 12.2 Å². The average molecular weight is 248 g/mol. The van der Waals surface area contributed by atoms with Crippen molar-refractivity contribution in [1.29, 1.82) is 0 Å². The van der Waals surface area contributed by atoms with E-state index in [1.54, 1.807) is 6.92 Å². The maximum absolute atomic E-state index is 11.5. The third kappa shape index (κ3) is 5.13. The number of carbonyl (C=O) groups excluding carboxylic acids is 2. The molecule has 0 unspecified atom stereocenters. The first-order chi connectivity index (χ1) is 8.65. The van der Waals surface area contributed by atoms with Crippen LogP contribution in [0.5, 0.6) is 0 Å². The van der Waals surface area contributed by atoms with Crippen LogP contribution in [0.25, 0.3) is 0 Å². The molecule has 98 valence electrons. The fourth-order valence-electron chi connectivity index (χ4n) is 1.69. The zero-order chi connectivity index (χ0) is 13.4. The third-order valence-electron chi connectivity index (χ3n) is 2.77. The van der Waals surface area contributed by atoms with Crippen molar-refractivity contribution in [2.75, 3.05) is 6.61 Å². The van der Waals surface area contributed by atoms with Crippen LogP contribution in [-0.4, -0.2) is 18.4 Å². The Morgan fingerprint density at radius 1 is 1.06 bits per heavy atom. The molecule has 1 aromatic carbocycles. The van der Waals surface area contributed by atoms with Crippen molar-refractivity contribution in [3.05, 3.63) is 35.4 Å². The zero-order valence-electron chi connectivity index (χ0n) is 11.1. The summed E-state index contributed by atoms with van der Waals surface area (Å²) in [5, 5.41) is 0. The Balaban J connectivity index is 2.35. The molecule has 3 heteroatoms. The lowest BCUT2D eigenvalue weighted by molar-refractivity contribution is -0.145. The Kier molecular flexibility index (Phi) is 6.12. The van der Waals surface area contributed by atoms with Crippen LogP contribution in [0.4, 0.5) is 0 Å². The molecule has 0 N–H and O–H groups in total. The highest BCUT2D eigenvalue weighted by molar-refractivity contribution is 5.95. The minimum Gasteiger partial charge on any atom is -0.466 e. The van der Waals surface area contributed by atoms with E-state index in [2.05, 4.69) is 19.1 Å². The number of ketones is 1. The molecule has 0 aliphatic rings. The summed E-state index contributed by atoms with van der Waals surface area (Å²) in [6.07, 6.45) is 1.98. The summed E-state index contributed by atoms with van der Waals surface area (Å²) in [5.74, 6) is -0.489. The molecule has 0 saturated carbocycles. The zero-order valence-corrected chi connectivity index (χ0v) is 11.1. The van der Waals surface area contributed by atoms with E-state index in [1.807, 2.05) is 12.1 Å². The molecule has 1 aromatic rings. The first kappa shape index (κ1) is 14.4.